The Morgan fingerprint density at radius 3 is 2.55 bits per heavy atom. The van der Waals surface area contributed by atoms with Crippen molar-refractivity contribution in [1.29, 1.82) is 0 Å². The topological polar surface area (TPSA) is 90.2 Å². The van der Waals surface area contributed by atoms with E-state index in [1.807, 2.05) is 0 Å². The summed E-state index contributed by atoms with van der Waals surface area (Å²) in [5, 5.41) is 11.2. The number of nitrogens with zero attached hydrogens (tertiary/aromatic N) is 2. The molecule has 106 valence electrons. The van der Waals surface area contributed by atoms with Gasteiger partial charge in [-0.05, 0) is 24.2 Å². The summed E-state index contributed by atoms with van der Waals surface area (Å²) in [6, 6.07) is 3.03. The number of hydrogen-bond donors (Lipinski definition) is 0. The van der Waals surface area contributed by atoms with E-state index in [0.29, 0.717) is 17.9 Å². The van der Waals surface area contributed by atoms with E-state index in [2.05, 4.69) is 4.98 Å². The lowest BCUT2D eigenvalue weighted by Crippen LogP contribution is -2.22. The van der Waals surface area contributed by atoms with Crippen LogP contribution in [0, 0.1) is 16.0 Å². The Hall–Kier alpha value is -1.76. The van der Waals surface area contributed by atoms with E-state index in [9.17, 15) is 19.7 Å². The van der Waals surface area contributed by atoms with E-state index < -0.39 is 4.92 Å². The molecule has 2 rings (SSSR count). The average Bonchev–Trinajstić information content (AvgIpc) is 2.38. The third-order valence-corrected chi connectivity index (χ3v) is 4.11. The van der Waals surface area contributed by atoms with Gasteiger partial charge in [0.2, 0.25) is 0 Å². The SMILES string of the molecule is O=C1CC(=O)CC(CCSc2ccc([N+](=O)[O-])cn2)C1. The van der Waals surface area contributed by atoms with Crippen LogP contribution in [0.25, 0.3) is 0 Å². The summed E-state index contributed by atoms with van der Waals surface area (Å²) < 4.78 is 0. The zero-order valence-corrected chi connectivity index (χ0v) is 11.6. The van der Waals surface area contributed by atoms with Gasteiger partial charge >= 0.3 is 0 Å². The first-order valence-corrected chi connectivity index (χ1v) is 7.30. The molecule has 0 amide bonds. The molecule has 0 spiro atoms. The molecule has 1 aliphatic carbocycles. The van der Waals surface area contributed by atoms with Crippen molar-refractivity contribution in [1.82, 2.24) is 4.98 Å². The minimum Gasteiger partial charge on any atom is -0.299 e. The molecule has 0 aromatic carbocycles. The minimum absolute atomic E-state index is 0.0298. The van der Waals surface area contributed by atoms with Crippen LogP contribution in [0.1, 0.15) is 25.7 Å². The molecule has 20 heavy (non-hydrogen) atoms. The molecule has 1 saturated carbocycles. The Morgan fingerprint density at radius 1 is 1.30 bits per heavy atom. The highest BCUT2D eigenvalue weighted by atomic mass is 32.2. The second kappa shape index (κ2) is 6.60. The average molecular weight is 294 g/mol. The van der Waals surface area contributed by atoms with Crippen LogP contribution in [-0.4, -0.2) is 27.2 Å². The van der Waals surface area contributed by atoms with E-state index in [0.717, 1.165) is 12.2 Å². The van der Waals surface area contributed by atoms with E-state index in [1.54, 1.807) is 6.07 Å². The quantitative estimate of drug-likeness (QED) is 0.358. The maximum atomic E-state index is 11.3. The van der Waals surface area contributed by atoms with Crippen LogP contribution in [0.4, 0.5) is 5.69 Å². The summed E-state index contributed by atoms with van der Waals surface area (Å²) >= 11 is 1.48. The number of aromatic nitrogens is 1. The van der Waals surface area contributed by atoms with E-state index in [-0.39, 0.29) is 29.6 Å². The van der Waals surface area contributed by atoms with Gasteiger partial charge in [0, 0.05) is 18.9 Å². The van der Waals surface area contributed by atoms with Gasteiger partial charge in [-0.25, -0.2) is 4.98 Å². The van der Waals surface area contributed by atoms with Crippen molar-refractivity contribution in [3.63, 3.8) is 0 Å². The van der Waals surface area contributed by atoms with Crippen molar-refractivity contribution in [2.45, 2.75) is 30.7 Å². The normalized spacial score (nSPS) is 16.4. The number of carbonyl (C=O) groups is 2. The van der Waals surface area contributed by atoms with Gasteiger partial charge < -0.3 is 0 Å². The zero-order valence-electron chi connectivity index (χ0n) is 10.8. The minimum atomic E-state index is -0.485. The number of hydrogen-bond acceptors (Lipinski definition) is 6. The number of thioether (sulfide) groups is 1. The van der Waals surface area contributed by atoms with Crippen LogP contribution < -0.4 is 0 Å². The zero-order chi connectivity index (χ0) is 14.5. The lowest BCUT2D eigenvalue weighted by molar-refractivity contribution is -0.385. The molecular formula is C13H14N2O4S. The first kappa shape index (κ1) is 14.6. The van der Waals surface area contributed by atoms with Crippen LogP contribution in [0.3, 0.4) is 0 Å². The molecule has 1 aliphatic rings. The molecule has 1 aromatic heterocycles. The summed E-state index contributed by atoms with van der Waals surface area (Å²) in [5.41, 5.74) is -0.0298. The molecule has 6 nitrogen and oxygen atoms in total. The second-order valence-electron chi connectivity index (χ2n) is 4.78. The van der Waals surface area contributed by atoms with Crippen LogP contribution in [-0.2, 0) is 9.59 Å². The lowest BCUT2D eigenvalue weighted by Gasteiger charge is -2.19. The van der Waals surface area contributed by atoms with Crippen LogP contribution in [0.2, 0.25) is 0 Å². The highest BCUT2D eigenvalue weighted by Crippen LogP contribution is 2.26. The summed E-state index contributed by atoms with van der Waals surface area (Å²) in [7, 11) is 0. The molecular weight excluding hydrogens is 280 g/mol. The molecule has 0 N–H and O–H groups in total. The number of Topliss-reactive ketones (excluding diaryl/α,β-unsaturated/α-hetero) is 2. The Morgan fingerprint density at radius 2 is 2.00 bits per heavy atom. The third-order valence-electron chi connectivity index (χ3n) is 3.13. The maximum absolute atomic E-state index is 11.3. The van der Waals surface area contributed by atoms with Gasteiger partial charge in [0.15, 0.2) is 0 Å². The molecule has 7 heteroatoms. The third kappa shape index (κ3) is 4.12. The first-order chi connectivity index (χ1) is 9.54. The molecule has 0 unspecified atom stereocenters. The van der Waals surface area contributed by atoms with Crippen molar-refractivity contribution >= 4 is 29.0 Å². The Balaban J connectivity index is 1.79. The molecule has 1 aromatic rings. The van der Waals surface area contributed by atoms with E-state index in [4.69, 9.17) is 0 Å². The predicted molar refractivity (Wildman–Crippen MR) is 73.6 cm³/mol. The van der Waals surface area contributed by atoms with Gasteiger partial charge in [0.1, 0.15) is 17.8 Å². The summed E-state index contributed by atoms with van der Waals surface area (Å²) in [6.45, 7) is 0. The highest BCUT2D eigenvalue weighted by Gasteiger charge is 2.24. The molecule has 1 heterocycles. The molecule has 0 saturated heterocycles. The number of carbonyl (C=O) groups excluding carboxylic acids is 2. The van der Waals surface area contributed by atoms with Gasteiger partial charge in [-0.1, -0.05) is 0 Å². The number of pyridine rings is 1. The highest BCUT2D eigenvalue weighted by molar-refractivity contribution is 7.99. The maximum Gasteiger partial charge on any atom is 0.287 e. The summed E-state index contributed by atoms with van der Waals surface area (Å²) in [4.78, 5) is 36.6. The monoisotopic (exact) mass is 294 g/mol. The van der Waals surface area contributed by atoms with E-state index >= 15 is 0 Å². The fourth-order valence-electron chi connectivity index (χ4n) is 2.18. The Bertz CT molecular complexity index is 514. The van der Waals surface area contributed by atoms with Gasteiger partial charge in [-0.2, -0.15) is 0 Å². The Kier molecular flexibility index (Phi) is 4.84. The van der Waals surface area contributed by atoms with Crippen molar-refractivity contribution < 1.29 is 14.5 Å². The number of rotatable bonds is 5. The van der Waals surface area contributed by atoms with Crippen LogP contribution in [0.15, 0.2) is 23.4 Å². The van der Waals surface area contributed by atoms with Crippen molar-refractivity contribution in [3.8, 4) is 0 Å². The second-order valence-corrected chi connectivity index (χ2v) is 5.89. The van der Waals surface area contributed by atoms with Gasteiger partial charge in [-0.15, -0.1) is 11.8 Å². The van der Waals surface area contributed by atoms with E-state index in [1.165, 1.54) is 24.0 Å². The fourth-order valence-corrected chi connectivity index (χ4v) is 3.13. The predicted octanol–water partition coefficient (Wildman–Crippen LogP) is 2.41. The molecule has 0 aliphatic heterocycles. The van der Waals surface area contributed by atoms with Gasteiger partial charge in [0.25, 0.3) is 5.69 Å². The standard InChI is InChI=1S/C13H14N2O4S/c16-11-5-9(6-12(17)7-11)3-4-20-13-2-1-10(8-14-13)15(18)19/h1-2,8-9H,3-7H2. The number of nitro groups is 1. The first-order valence-electron chi connectivity index (χ1n) is 6.31. The van der Waals surface area contributed by atoms with Gasteiger partial charge in [0.05, 0.1) is 16.4 Å². The van der Waals surface area contributed by atoms with Gasteiger partial charge in [-0.3, -0.25) is 19.7 Å². The van der Waals surface area contributed by atoms with Crippen molar-refractivity contribution in [3.05, 3.63) is 28.4 Å². The van der Waals surface area contributed by atoms with Crippen LogP contribution >= 0.6 is 11.8 Å². The van der Waals surface area contributed by atoms with Crippen molar-refractivity contribution in [2.75, 3.05) is 5.75 Å². The number of ketones is 2. The molecule has 1 fully saturated rings. The smallest absolute Gasteiger partial charge is 0.287 e. The summed E-state index contributed by atoms with van der Waals surface area (Å²) in [6.07, 6.45) is 3.07. The molecule has 0 radical (unpaired) electrons. The lowest BCUT2D eigenvalue weighted by atomic mass is 9.86. The summed E-state index contributed by atoms with van der Waals surface area (Å²) in [5.74, 6) is 0.944. The molecule has 0 bridgehead atoms. The molecule has 0 atom stereocenters. The van der Waals surface area contributed by atoms with Crippen molar-refractivity contribution in [2.24, 2.45) is 5.92 Å². The largest absolute Gasteiger partial charge is 0.299 e. The fraction of sp³-hybridized carbons (Fsp3) is 0.462. The van der Waals surface area contributed by atoms with Crippen LogP contribution in [0.5, 0.6) is 0 Å². The Labute approximate surface area is 120 Å².